The maximum atomic E-state index is 11.8. The van der Waals surface area contributed by atoms with Crippen molar-refractivity contribution in [2.45, 2.75) is 11.8 Å². The molecule has 0 fully saturated rings. The second-order valence-corrected chi connectivity index (χ2v) is 5.38. The van der Waals surface area contributed by atoms with Crippen molar-refractivity contribution in [3.63, 3.8) is 0 Å². The number of rotatable bonds is 4. The summed E-state index contributed by atoms with van der Waals surface area (Å²) < 4.78 is 11.8. The van der Waals surface area contributed by atoms with Gasteiger partial charge in [-0.15, -0.1) is 0 Å². The highest BCUT2D eigenvalue weighted by atomic mass is 32.2. The minimum Gasteiger partial charge on any atom is -0.342 e. The number of hydrogen-bond acceptors (Lipinski definition) is 3. The largest absolute Gasteiger partial charge is 0.342 e. The first-order valence-electron chi connectivity index (χ1n) is 5.11. The van der Waals surface area contributed by atoms with Gasteiger partial charge in [-0.05, 0) is 19.1 Å². The Labute approximate surface area is 103 Å². The number of amides is 1. The predicted molar refractivity (Wildman–Crippen MR) is 66.2 cm³/mol. The maximum absolute atomic E-state index is 11.8. The van der Waals surface area contributed by atoms with Crippen LogP contribution in [0.25, 0.3) is 0 Å². The summed E-state index contributed by atoms with van der Waals surface area (Å²) in [6.45, 7) is 1.92. The summed E-state index contributed by atoms with van der Waals surface area (Å²) in [7, 11) is 1.53. The lowest BCUT2D eigenvalue weighted by atomic mass is 10.2. The Morgan fingerprint density at radius 1 is 1.18 bits per heavy atom. The second kappa shape index (κ2) is 5.72. The van der Waals surface area contributed by atoms with Gasteiger partial charge in [-0.25, -0.2) is 0 Å². The Morgan fingerprint density at radius 2 is 1.71 bits per heavy atom. The molecule has 0 unspecified atom stereocenters. The predicted octanol–water partition coefficient (Wildman–Crippen LogP) is 0.760. The molecule has 0 heterocycles. The highest BCUT2D eigenvalue weighted by Gasteiger charge is 2.19. The van der Waals surface area contributed by atoms with E-state index in [-0.39, 0.29) is 5.75 Å². The summed E-state index contributed by atoms with van der Waals surface area (Å²) in [4.78, 5) is 24.5. The van der Waals surface area contributed by atoms with Crippen LogP contribution in [0.15, 0.2) is 29.2 Å². The van der Waals surface area contributed by atoms with Gasteiger partial charge < -0.3 is 4.90 Å². The van der Waals surface area contributed by atoms with Crippen molar-refractivity contribution in [2.24, 2.45) is 0 Å². The van der Waals surface area contributed by atoms with Crippen LogP contribution in [-0.2, 0) is 20.4 Å². The monoisotopic (exact) mass is 255 g/mol. The third kappa shape index (κ3) is 3.78. The molecule has 92 valence electrons. The quantitative estimate of drug-likeness (QED) is 0.589. The first-order chi connectivity index (χ1) is 7.91. The molecule has 1 aromatic rings. The lowest BCUT2D eigenvalue weighted by Crippen LogP contribution is -2.32. The number of aryl methyl sites for hydroxylation is 1. The van der Waals surface area contributed by atoms with Gasteiger partial charge in [0, 0.05) is 19.0 Å². The van der Waals surface area contributed by atoms with Gasteiger partial charge in [0.1, 0.15) is 0 Å². The van der Waals surface area contributed by atoms with Crippen LogP contribution in [-0.4, -0.2) is 40.6 Å². The second-order valence-electron chi connectivity index (χ2n) is 3.93. The number of carbonyl (C=O) groups excluding carboxylic acids is 2. The van der Waals surface area contributed by atoms with Crippen molar-refractivity contribution in [1.29, 1.82) is 0 Å². The summed E-state index contributed by atoms with van der Waals surface area (Å²) in [5.41, 5.74) is 1.06. The highest BCUT2D eigenvalue weighted by Crippen LogP contribution is 2.08. The molecular formula is C12H15NO3S. The van der Waals surface area contributed by atoms with Crippen LogP contribution in [0.3, 0.4) is 0 Å². The Hall–Kier alpha value is -1.49. The molecule has 0 saturated heterocycles. The minimum atomic E-state index is -1.46. The normalized spacial score (nSPS) is 11.9. The van der Waals surface area contributed by atoms with Gasteiger partial charge in [-0.2, -0.15) is 0 Å². The van der Waals surface area contributed by atoms with E-state index < -0.39 is 22.5 Å². The zero-order valence-electron chi connectivity index (χ0n) is 10.1. The number of Topliss-reactive ketones (excluding diaryl/α,β-unsaturated/α-hetero) is 1. The fraction of sp³-hybridized carbons (Fsp3) is 0.333. The van der Waals surface area contributed by atoms with Crippen molar-refractivity contribution < 1.29 is 13.8 Å². The molecule has 0 aliphatic heterocycles. The summed E-state index contributed by atoms with van der Waals surface area (Å²) in [5.74, 6) is -1.51. The fourth-order valence-corrected chi connectivity index (χ4v) is 2.17. The molecule has 0 radical (unpaired) electrons. The molecule has 5 heteroatoms. The number of benzene rings is 1. The molecule has 0 N–H and O–H groups in total. The highest BCUT2D eigenvalue weighted by molar-refractivity contribution is 7.86. The number of hydrogen-bond donors (Lipinski definition) is 0. The van der Waals surface area contributed by atoms with E-state index in [1.54, 1.807) is 12.1 Å². The van der Waals surface area contributed by atoms with Crippen LogP contribution in [0.5, 0.6) is 0 Å². The third-order valence-electron chi connectivity index (χ3n) is 2.19. The van der Waals surface area contributed by atoms with Gasteiger partial charge in [0.25, 0.3) is 5.91 Å². The van der Waals surface area contributed by atoms with Crippen molar-refractivity contribution in [2.75, 3.05) is 19.8 Å². The Balaban J connectivity index is 2.70. The zero-order valence-corrected chi connectivity index (χ0v) is 10.9. The van der Waals surface area contributed by atoms with Crippen LogP contribution < -0.4 is 0 Å². The SMILES string of the molecule is Cc1ccc([S@](=O)C[13C](=O)[13C](=O)N(C)C)cc1. The Bertz CT molecular complexity index is 451. The molecule has 1 rings (SSSR count). The summed E-state index contributed by atoms with van der Waals surface area (Å²) in [6, 6.07) is 7.06. The molecule has 0 saturated carbocycles. The smallest absolute Gasteiger partial charge is 0.290 e. The van der Waals surface area contributed by atoms with E-state index in [1.165, 1.54) is 19.0 Å². The molecule has 1 amide bonds. The number of carbonyl (C=O) groups is 2. The van der Waals surface area contributed by atoms with Gasteiger partial charge in [0.15, 0.2) is 0 Å². The molecule has 0 aromatic heterocycles. The summed E-state index contributed by atoms with van der Waals surface area (Å²) in [5, 5.41) is 0. The summed E-state index contributed by atoms with van der Waals surface area (Å²) in [6.07, 6.45) is 0. The number of nitrogens with zero attached hydrogens (tertiary/aromatic N) is 1. The van der Waals surface area contributed by atoms with E-state index in [4.69, 9.17) is 0 Å². The van der Waals surface area contributed by atoms with Crippen molar-refractivity contribution in [1.82, 2.24) is 4.90 Å². The molecule has 4 nitrogen and oxygen atoms in total. The standard InChI is InChI=1S/C12H15NO3S/c1-9-4-6-10(7-5-9)17(16)8-11(14)12(15)13(2)3/h4-7H,8H2,1-3H3/t17-/m1/s1/i11+1,12+1. The van der Waals surface area contributed by atoms with Crippen molar-refractivity contribution in [3.05, 3.63) is 29.8 Å². The number of ketones is 1. The molecule has 1 aromatic carbocycles. The lowest BCUT2D eigenvalue weighted by molar-refractivity contribution is -0.141. The van der Waals surface area contributed by atoms with Gasteiger partial charge >= 0.3 is 0 Å². The molecule has 0 spiro atoms. The van der Waals surface area contributed by atoms with Crippen LogP contribution in [0.1, 0.15) is 5.56 Å². The molecular weight excluding hydrogens is 240 g/mol. The summed E-state index contributed by atoms with van der Waals surface area (Å²) >= 11 is 0. The van der Waals surface area contributed by atoms with Crippen LogP contribution in [0, 0.1) is 6.92 Å². The zero-order chi connectivity index (χ0) is 13.0. The Kier molecular flexibility index (Phi) is 4.57. The van der Waals surface area contributed by atoms with Crippen molar-refractivity contribution in [3.8, 4) is 0 Å². The van der Waals surface area contributed by atoms with Gasteiger partial charge in [-0.1, -0.05) is 17.7 Å². The average molecular weight is 255 g/mol. The van der Waals surface area contributed by atoms with E-state index in [1.807, 2.05) is 19.1 Å². The average Bonchev–Trinajstić information content (AvgIpc) is 2.28. The third-order valence-corrected chi connectivity index (χ3v) is 3.51. The maximum Gasteiger partial charge on any atom is 0.290 e. The van der Waals surface area contributed by atoms with E-state index >= 15 is 0 Å². The first kappa shape index (κ1) is 13.6. The van der Waals surface area contributed by atoms with E-state index in [9.17, 15) is 13.8 Å². The minimum absolute atomic E-state index is 0.264. The fourth-order valence-electron chi connectivity index (χ4n) is 1.20. The van der Waals surface area contributed by atoms with Crippen LogP contribution in [0.2, 0.25) is 0 Å². The van der Waals surface area contributed by atoms with Crippen molar-refractivity contribution >= 4 is 22.5 Å². The molecule has 0 bridgehead atoms. The van der Waals surface area contributed by atoms with E-state index in [0.29, 0.717) is 4.90 Å². The molecule has 17 heavy (non-hydrogen) atoms. The van der Waals surface area contributed by atoms with E-state index in [0.717, 1.165) is 5.56 Å². The molecule has 0 aliphatic rings. The van der Waals surface area contributed by atoms with E-state index in [2.05, 4.69) is 0 Å². The van der Waals surface area contributed by atoms with Crippen LogP contribution in [0.4, 0.5) is 0 Å². The first-order valence-corrected chi connectivity index (χ1v) is 6.43. The lowest BCUT2D eigenvalue weighted by Gasteiger charge is -2.08. The topological polar surface area (TPSA) is 54.5 Å². The molecule has 1 atom stereocenters. The van der Waals surface area contributed by atoms with Gasteiger partial charge in [-0.3, -0.25) is 13.8 Å². The van der Waals surface area contributed by atoms with Gasteiger partial charge in [0.05, 0.1) is 16.6 Å². The Morgan fingerprint density at radius 3 is 2.18 bits per heavy atom. The molecule has 0 aliphatic carbocycles. The van der Waals surface area contributed by atoms with Crippen LogP contribution >= 0.6 is 0 Å². The number of likely N-dealkylation sites (N-methyl/N-ethyl adjacent to an activating group) is 1. The van der Waals surface area contributed by atoms with Gasteiger partial charge in [0.2, 0.25) is 5.78 Å².